The van der Waals surface area contributed by atoms with Gasteiger partial charge in [0.05, 0.1) is 6.20 Å². The number of nitrogen functional groups attached to an aromatic ring is 1. The van der Waals surface area contributed by atoms with Crippen LogP contribution in [0.15, 0.2) is 24.4 Å². The lowest BCUT2D eigenvalue weighted by Gasteiger charge is -2.06. The van der Waals surface area contributed by atoms with Crippen LogP contribution in [0.1, 0.15) is 5.56 Å². The van der Waals surface area contributed by atoms with Gasteiger partial charge in [-0.3, -0.25) is 0 Å². The van der Waals surface area contributed by atoms with E-state index in [4.69, 9.17) is 10.5 Å². The highest BCUT2D eigenvalue weighted by Gasteiger charge is 2.09. The summed E-state index contributed by atoms with van der Waals surface area (Å²) in [6.45, 7) is 1.61. The molecule has 1 aromatic heterocycles. The normalized spacial score (nSPS) is 10.3. The van der Waals surface area contributed by atoms with Crippen LogP contribution < -0.4 is 10.5 Å². The van der Waals surface area contributed by atoms with Crippen molar-refractivity contribution in [1.29, 1.82) is 0 Å². The number of nitrogens with zero attached hydrogens (tertiary/aromatic N) is 2. The number of hydrogen-bond donors (Lipinski definition) is 1. The van der Waals surface area contributed by atoms with Crippen molar-refractivity contribution in [2.75, 3.05) is 5.73 Å². The Kier molecular flexibility index (Phi) is 2.86. The van der Waals surface area contributed by atoms with Crippen LogP contribution in [0, 0.1) is 18.6 Å². The summed E-state index contributed by atoms with van der Waals surface area (Å²) in [6, 6.07) is 4.18. The molecule has 0 saturated carbocycles. The average molecular weight is 237 g/mol. The number of benzene rings is 1. The van der Waals surface area contributed by atoms with Crippen LogP contribution >= 0.6 is 0 Å². The van der Waals surface area contributed by atoms with Gasteiger partial charge >= 0.3 is 0 Å². The highest BCUT2D eigenvalue weighted by molar-refractivity contribution is 5.32. The number of aryl methyl sites for hydroxylation is 1. The molecule has 2 rings (SSSR count). The van der Waals surface area contributed by atoms with Crippen LogP contribution in [-0.2, 0) is 0 Å². The van der Waals surface area contributed by atoms with E-state index in [0.717, 1.165) is 12.3 Å². The second-order valence-corrected chi connectivity index (χ2v) is 3.39. The van der Waals surface area contributed by atoms with E-state index in [0.29, 0.717) is 5.56 Å². The van der Waals surface area contributed by atoms with Crippen molar-refractivity contribution in [3.05, 3.63) is 41.6 Å². The largest absolute Gasteiger partial charge is 0.436 e. The molecule has 2 N–H and O–H groups in total. The number of aromatic nitrogens is 2. The molecule has 4 nitrogen and oxygen atoms in total. The molecule has 0 unspecified atom stereocenters. The standard InChI is InChI=1S/C11H9F2N3O/c1-6-2-3-7(4-8(6)12)17-10-9(13)5-15-11(14)16-10/h2-5H,1H3,(H2,14,15,16). The lowest BCUT2D eigenvalue weighted by Crippen LogP contribution is -1.99. The highest BCUT2D eigenvalue weighted by atomic mass is 19.1. The fourth-order valence-electron chi connectivity index (χ4n) is 1.18. The number of ether oxygens (including phenoxy) is 1. The molecule has 0 saturated heterocycles. The maximum Gasteiger partial charge on any atom is 0.260 e. The Morgan fingerprint density at radius 1 is 1.24 bits per heavy atom. The fourth-order valence-corrected chi connectivity index (χ4v) is 1.18. The molecule has 88 valence electrons. The maximum atomic E-state index is 13.2. The number of nitrogens with two attached hydrogens (primary N) is 1. The quantitative estimate of drug-likeness (QED) is 0.871. The third-order valence-electron chi connectivity index (χ3n) is 2.09. The first-order chi connectivity index (χ1) is 8.06. The molecule has 0 bridgehead atoms. The predicted molar refractivity (Wildman–Crippen MR) is 57.6 cm³/mol. The first-order valence-electron chi connectivity index (χ1n) is 4.78. The van der Waals surface area contributed by atoms with Gasteiger partial charge in [-0.2, -0.15) is 9.37 Å². The van der Waals surface area contributed by atoms with Gasteiger partial charge in [0.1, 0.15) is 11.6 Å². The minimum absolute atomic E-state index is 0.117. The topological polar surface area (TPSA) is 61.0 Å². The van der Waals surface area contributed by atoms with E-state index in [9.17, 15) is 8.78 Å². The molecule has 17 heavy (non-hydrogen) atoms. The molecular weight excluding hydrogens is 228 g/mol. The average Bonchev–Trinajstić information content (AvgIpc) is 2.29. The van der Waals surface area contributed by atoms with Crippen molar-refractivity contribution >= 4 is 5.95 Å². The van der Waals surface area contributed by atoms with Gasteiger partial charge in [0.2, 0.25) is 11.8 Å². The summed E-state index contributed by atoms with van der Waals surface area (Å²) in [5.41, 5.74) is 5.76. The molecule has 1 aromatic carbocycles. The molecule has 0 aliphatic heterocycles. The molecule has 0 atom stereocenters. The molecule has 0 amide bonds. The van der Waals surface area contributed by atoms with Crippen molar-refractivity contribution < 1.29 is 13.5 Å². The van der Waals surface area contributed by atoms with E-state index in [2.05, 4.69) is 9.97 Å². The smallest absolute Gasteiger partial charge is 0.260 e. The Labute approximate surface area is 96.1 Å². The van der Waals surface area contributed by atoms with Crippen LogP contribution in [0.25, 0.3) is 0 Å². The van der Waals surface area contributed by atoms with Gasteiger partial charge in [-0.1, -0.05) is 6.07 Å². The monoisotopic (exact) mass is 237 g/mol. The van der Waals surface area contributed by atoms with Gasteiger partial charge in [0.25, 0.3) is 5.88 Å². The van der Waals surface area contributed by atoms with E-state index in [1.165, 1.54) is 12.1 Å². The van der Waals surface area contributed by atoms with Crippen LogP contribution in [0.3, 0.4) is 0 Å². The van der Waals surface area contributed by atoms with E-state index >= 15 is 0 Å². The Hall–Kier alpha value is -2.24. The molecule has 0 spiro atoms. The molecule has 1 heterocycles. The SMILES string of the molecule is Cc1ccc(Oc2nc(N)ncc2F)cc1F. The Morgan fingerprint density at radius 3 is 2.71 bits per heavy atom. The van der Waals surface area contributed by atoms with Crippen molar-refractivity contribution in [3.8, 4) is 11.6 Å². The molecule has 0 fully saturated rings. The Bertz CT molecular complexity index is 560. The van der Waals surface area contributed by atoms with Crippen LogP contribution in [0.5, 0.6) is 11.6 Å². The van der Waals surface area contributed by atoms with Crippen molar-refractivity contribution in [2.24, 2.45) is 0 Å². The minimum Gasteiger partial charge on any atom is -0.436 e. The Balaban J connectivity index is 2.31. The Morgan fingerprint density at radius 2 is 2.00 bits per heavy atom. The van der Waals surface area contributed by atoms with Crippen molar-refractivity contribution in [1.82, 2.24) is 9.97 Å². The summed E-state index contributed by atoms with van der Waals surface area (Å²) in [6.07, 6.45) is 0.891. The summed E-state index contributed by atoms with van der Waals surface area (Å²) in [5.74, 6) is -1.51. The summed E-state index contributed by atoms with van der Waals surface area (Å²) in [4.78, 5) is 7.02. The number of hydrogen-bond acceptors (Lipinski definition) is 4. The molecular formula is C11H9F2N3O. The van der Waals surface area contributed by atoms with Gasteiger partial charge in [-0.05, 0) is 18.6 Å². The first kappa shape index (κ1) is 11.3. The molecule has 0 aliphatic carbocycles. The second kappa shape index (κ2) is 4.32. The summed E-state index contributed by atoms with van der Waals surface area (Å²) < 4.78 is 31.5. The van der Waals surface area contributed by atoms with E-state index < -0.39 is 11.6 Å². The summed E-state index contributed by atoms with van der Waals surface area (Å²) in [7, 11) is 0. The second-order valence-electron chi connectivity index (χ2n) is 3.39. The lowest BCUT2D eigenvalue weighted by atomic mass is 10.2. The van der Waals surface area contributed by atoms with Crippen LogP contribution in [-0.4, -0.2) is 9.97 Å². The zero-order valence-electron chi connectivity index (χ0n) is 8.95. The molecule has 2 aromatic rings. The maximum absolute atomic E-state index is 13.2. The molecule has 0 radical (unpaired) electrons. The van der Waals surface area contributed by atoms with E-state index in [1.54, 1.807) is 6.92 Å². The predicted octanol–water partition coefficient (Wildman–Crippen LogP) is 2.44. The zero-order valence-corrected chi connectivity index (χ0v) is 8.95. The number of halogens is 2. The van der Waals surface area contributed by atoms with Crippen LogP contribution in [0.2, 0.25) is 0 Å². The zero-order chi connectivity index (χ0) is 12.4. The number of rotatable bonds is 2. The first-order valence-corrected chi connectivity index (χ1v) is 4.78. The summed E-state index contributed by atoms with van der Waals surface area (Å²) in [5, 5.41) is 0. The third-order valence-corrected chi connectivity index (χ3v) is 2.09. The van der Waals surface area contributed by atoms with E-state index in [-0.39, 0.29) is 17.6 Å². The van der Waals surface area contributed by atoms with Gasteiger partial charge in [-0.15, -0.1) is 0 Å². The van der Waals surface area contributed by atoms with Gasteiger partial charge < -0.3 is 10.5 Å². The summed E-state index contributed by atoms with van der Waals surface area (Å²) >= 11 is 0. The lowest BCUT2D eigenvalue weighted by molar-refractivity contribution is 0.418. The fraction of sp³-hybridized carbons (Fsp3) is 0.0909. The highest BCUT2D eigenvalue weighted by Crippen LogP contribution is 2.23. The van der Waals surface area contributed by atoms with Gasteiger partial charge in [-0.25, -0.2) is 9.37 Å². The van der Waals surface area contributed by atoms with Gasteiger partial charge in [0.15, 0.2) is 0 Å². The van der Waals surface area contributed by atoms with Gasteiger partial charge in [0, 0.05) is 6.07 Å². The van der Waals surface area contributed by atoms with Crippen LogP contribution in [0.4, 0.5) is 14.7 Å². The molecule has 6 heteroatoms. The third kappa shape index (κ3) is 2.47. The van der Waals surface area contributed by atoms with Crippen molar-refractivity contribution in [2.45, 2.75) is 6.92 Å². The van der Waals surface area contributed by atoms with E-state index in [1.807, 2.05) is 0 Å². The minimum atomic E-state index is -0.764. The van der Waals surface area contributed by atoms with Crippen molar-refractivity contribution in [3.63, 3.8) is 0 Å². The molecule has 0 aliphatic rings. The number of anilines is 1.